The van der Waals surface area contributed by atoms with Gasteiger partial charge >= 0.3 is 0 Å². The number of hydrogen-bond acceptors (Lipinski definition) is 3. The molecule has 1 N–H and O–H groups in total. The van der Waals surface area contributed by atoms with Crippen molar-refractivity contribution in [1.82, 2.24) is 15.1 Å². The Hall–Kier alpha value is -1.13. The van der Waals surface area contributed by atoms with Gasteiger partial charge < -0.3 is 5.32 Å². The van der Waals surface area contributed by atoms with E-state index in [9.17, 15) is 0 Å². The highest BCUT2D eigenvalue weighted by atomic mass is 32.1. The van der Waals surface area contributed by atoms with Crippen molar-refractivity contribution >= 4 is 11.3 Å². The van der Waals surface area contributed by atoms with Crippen LogP contribution in [0.3, 0.4) is 0 Å². The third-order valence-electron chi connectivity index (χ3n) is 4.83. The van der Waals surface area contributed by atoms with Gasteiger partial charge in [-0.05, 0) is 55.5 Å². The molecule has 0 saturated carbocycles. The maximum atomic E-state index is 4.45. The van der Waals surface area contributed by atoms with Crippen molar-refractivity contribution in [2.45, 2.75) is 50.6 Å². The van der Waals surface area contributed by atoms with Crippen LogP contribution in [0, 0.1) is 0 Å². The highest BCUT2D eigenvalue weighted by Gasteiger charge is 2.28. The summed E-state index contributed by atoms with van der Waals surface area (Å²) in [6, 6.07) is 3.36. The predicted molar refractivity (Wildman–Crippen MR) is 82.0 cm³/mol. The molecule has 2 aliphatic rings. The summed E-state index contributed by atoms with van der Waals surface area (Å²) in [4.78, 5) is 1.59. The van der Waals surface area contributed by atoms with Crippen LogP contribution in [-0.2, 0) is 19.9 Å². The number of aromatic nitrogens is 2. The molecule has 3 nitrogen and oxygen atoms in total. The van der Waals surface area contributed by atoms with Gasteiger partial charge in [-0.15, -0.1) is 11.3 Å². The van der Waals surface area contributed by atoms with E-state index in [1.807, 2.05) is 11.3 Å². The molecule has 0 aromatic carbocycles. The summed E-state index contributed by atoms with van der Waals surface area (Å²) < 4.78 is 2.06. The molecule has 0 spiro atoms. The number of rotatable bonds is 2. The summed E-state index contributed by atoms with van der Waals surface area (Å²) in [7, 11) is 2.07. The molecule has 0 amide bonds. The summed E-state index contributed by atoms with van der Waals surface area (Å²) in [6.07, 6.45) is 9.63. The zero-order valence-corrected chi connectivity index (χ0v) is 12.7. The van der Waals surface area contributed by atoms with Gasteiger partial charge in [-0.2, -0.15) is 5.10 Å². The molecule has 2 aromatic heterocycles. The fourth-order valence-electron chi connectivity index (χ4n) is 3.78. The number of nitrogens with zero attached hydrogens (tertiary/aromatic N) is 2. The normalized spacial score (nSPS) is 25.2. The van der Waals surface area contributed by atoms with Gasteiger partial charge in [-0.3, -0.25) is 4.68 Å². The Morgan fingerprint density at radius 3 is 2.90 bits per heavy atom. The molecule has 4 rings (SSSR count). The Kier molecular flexibility index (Phi) is 3.15. The molecule has 0 fully saturated rings. The summed E-state index contributed by atoms with van der Waals surface area (Å²) in [5, 5.41) is 10.6. The number of hydrogen-bond donors (Lipinski definition) is 1. The zero-order chi connectivity index (χ0) is 13.5. The second-order valence-electron chi connectivity index (χ2n) is 6.03. The van der Waals surface area contributed by atoms with Crippen molar-refractivity contribution in [3.05, 3.63) is 39.3 Å². The maximum absolute atomic E-state index is 4.45. The molecular weight excluding hydrogens is 266 g/mol. The van der Waals surface area contributed by atoms with Gasteiger partial charge in [0.1, 0.15) is 0 Å². The van der Waals surface area contributed by atoms with Crippen LogP contribution in [0.4, 0.5) is 0 Å². The van der Waals surface area contributed by atoms with Gasteiger partial charge in [0, 0.05) is 35.3 Å². The SMILES string of the molecule is Cn1ncc2c1CCCC2NC1CCCc2sccc21. The minimum Gasteiger partial charge on any atom is -0.303 e. The molecule has 2 unspecified atom stereocenters. The van der Waals surface area contributed by atoms with Gasteiger partial charge in [0.15, 0.2) is 0 Å². The Labute approximate surface area is 124 Å². The van der Waals surface area contributed by atoms with E-state index < -0.39 is 0 Å². The number of aryl methyl sites for hydroxylation is 2. The van der Waals surface area contributed by atoms with E-state index in [0.717, 1.165) is 0 Å². The standard InChI is InChI=1S/C16H21N3S/c1-19-15-6-2-4-14(12(15)10-17-19)18-13-5-3-7-16-11(13)8-9-20-16/h8-10,13-14,18H,2-7H2,1H3. The van der Waals surface area contributed by atoms with Crippen molar-refractivity contribution in [2.75, 3.05) is 0 Å². The van der Waals surface area contributed by atoms with E-state index in [1.165, 1.54) is 49.8 Å². The summed E-state index contributed by atoms with van der Waals surface area (Å²) in [6.45, 7) is 0. The molecule has 20 heavy (non-hydrogen) atoms. The molecule has 2 heterocycles. The first kappa shape index (κ1) is 12.6. The minimum atomic E-state index is 0.489. The first-order valence-electron chi connectivity index (χ1n) is 7.66. The van der Waals surface area contributed by atoms with Crippen LogP contribution in [0.15, 0.2) is 17.6 Å². The van der Waals surface area contributed by atoms with E-state index in [-0.39, 0.29) is 0 Å². The average Bonchev–Trinajstić information content (AvgIpc) is 3.08. The fourth-order valence-corrected chi connectivity index (χ4v) is 4.77. The van der Waals surface area contributed by atoms with Crippen molar-refractivity contribution in [3.63, 3.8) is 0 Å². The molecule has 106 valence electrons. The van der Waals surface area contributed by atoms with Gasteiger partial charge in [-0.1, -0.05) is 0 Å². The van der Waals surface area contributed by atoms with Crippen molar-refractivity contribution < 1.29 is 0 Å². The lowest BCUT2D eigenvalue weighted by molar-refractivity contribution is 0.368. The second-order valence-corrected chi connectivity index (χ2v) is 7.03. The average molecular weight is 287 g/mol. The quantitative estimate of drug-likeness (QED) is 0.916. The highest BCUT2D eigenvalue weighted by Crippen LogP contribution is 2.37. The van der Waals surface area contributed by atoms with Crippen LogP contribution in [0.5, 0.6) is 0 Å². The third kappa shape index (κ3) is 2.02. The van der Waals surface area contributed by atoms with Gasteiger partial charge in [0.25, 0.3) is 0 Å². The summed E-state index contributed by atoms with van der Waals surface area (Å²) in [5.74, 6) is 0. The van der Waals surface area contributed by atoms with Crippen molar-refractivity contribution in [3.8, 4) is 0 Å². The lowest BCUT2D eigenvalue weighted by Crippen LogP contribution is -2.30. The molecule has 0 aliphatic heterocycles. The highest BCUT2D eigenvalue weighted by molar-refractivity contribution is 7.10. The van der Waals surface area contributed by atoms with Crippen LogP contribution in [0.2, 0.25) is 0 Å². The lowest BCUT2D eigenvalue weighted by Gasteiger charge is -2.31. The second kappa shape index (κ2) is 5.01. The molecular formula is C16H21N3S. The smallest absolute Gasteiger partial charge is 0.0540 e. The zero-order valence-electron chi connectivity index (χ0n) is 11.9. The van der Waals surface area contributed by atoms with Crippen LogP contribution in [-0.4, -0.2) is 9.78 Å². The predicted octanol–water partition coefficient (Wildman–Crippen LogP) is 3.53. The van der Waals surface area contributed by atoms with Crippen molar-refractivity contribution in [2.24, 2.45) is 7.05 Å². The van der Waals surface area contributed by atoms with Gasteiger partial charge in [0.05, 0.1) is 6.20 Å². The first-order chi connectivity index (χ1) is 9.83. The Morgan fingerprint density at radius 2 is 2.00 bits per heavy atom. The number of thiophene rings is 1. The number of nitrogens with one attached hydrogen (secondary N) is 1. The third-order valence-corrected chi connectivity index (χ3v) is 5.83. The summed E-state index contributed by atoms with van der Waals surface area (Å²) >= 11 is 1.92. The first-order valence-corrected chi connectivity index (χ1v) is 8.54. The van der Waals surface area contributed by atoms with Crippen LogP contribution >= 0.6 is 11.3 Å². The Balaban J connectivity index is 1.59. The van der Waals surface area contributed by atoms with Gasteiger partial charge in [-0.25, -0.2) is 0 Å². The van der Waals surface area contributed by atoms with Crippen LogP contribution < -0.4 is 5.32 Å². The number of fused-ring (bicyclic) bond motifs is 2. The molecule has 2 atom stereocenters. The Bertz CT molecular complexity index is 613. The molecule has 4 heteroatoms. The molecule has 2 aromatic rings. The van der Waals surface area contributed by atoms with Crippen molar-refractivity contribution in [1.29, 1.82) is 0 Å². The van der Waals surface area contributed by atoms with E-state index in [1.54, 1.807) is 10.4 Å². The van der Waals surface area contributed by atoms with E-state index in [4.69, 9.17) is 0 Å². The van der Waals surface area contributed by atoms with E-state index >= 15 is 0 Å². The van der Waals surface area contributed by atoms with E-state index in [0.29, 0.717) is 12.1 Å². The Morgan fingerprint density at radius 1 is 1.20 bits per heavy atom. The van der Waals surface area contributed by atoms with Crippen LogP contribution in [0.1, 0.15) is 59.5 Å². The molecule has 0 saturated heterocycles. The largest absolute Gasteiger partial charge is 0.303 e. The lowest BCUT2D eigenvalue weighted by atomic mass is 9.89. The monoisotopic (exact) mass is 287 g/mol. The minimum absolute atomic E-state index is 0.489. The van der Waals surface area contributed by atoms with Crippen LogP contribution in [0.25, 0.3) is 0 Å². The topological polar surface area (TPSA) is 29.9 Å². The molecule has 2 aliphatic carbocycles. The fraction of sp³-hybridized carbons (Fsp3) is 0.562. The molecule has 0 radical (unpaired) electrons. The maximum Gasteiger partial charge on any atom is 0.0540 e. The van der Waals surface area contributed by atoms with E-state index in [2.05, 4.69) is 39.8 Å². The molecule has 0 bridgehead atoms. The summed E-state index contributed by atoms with van der Waals surface area (Å²) in [5.41, 5.74) is 4.41. The van der Waals surface area contributed by atoms with Gasteiger partial charge in [0.2, 0.25) is 0 Å².